The first-order chi connectivity index (χ1) is 5.73. The van der Waals surface area contributed by atoms with Crippen LogP contribution in [0.5, 0.6) is 0 Å². The molecule has 4 heteroatoms. The van der Waals surface area contributed by atoms with Gasteiger partial charge in [0, 0.05) is 24.9 Å². The van der Waals surface area contributed by atoms with E-state index < -0.39 is 6.17 Å². The second kappa shape index (κ2) is 2.69. The summed E-state index contributed by atoms with van der Waals surface area (Å²) < 4.78 is 13.5. The minimum Gasteiger partial charge on any atom is -0.355 e. The second-order valence-corrected chi connectivity index (χ2v) is 3.74. The third-order valence-corrected chi connectivity index (χ3v) is 2.94. The summed E-state index contributed by atoms with van der Waals surface area (Å²) in [6.07, 6.45) is 0.271. The van der Waals surface area contributed by atoms with Crippen LogP contribution in [0.25, 0.3) is 0 Å². The van der Waals surface area contributed by atoms with Gasteiger partial charge < -0.3 is 10.6 Å². The van der Waals surface area contributed by atoms with E-state index in [0.717, 1.165) is 13.0 Å². The van der Waals surface area contributed by atoms with Gasteiger partial charge in [0.15, 0.2) is 0 Å². The molecule has 2 fully saturated rings. The SMILES string of the molecule is O=C1CC2(CCNCC2F)CN1. The van der Waals surface area contributed by atoms with Gasteiger partial charge in [0.05, 0.1) is 0 Å². The Morgan fingerprint density at radius 3 is 3.00 bits per heavy atom. The lowest BCUT2D eigenvalue weighted by Crippen LogP contribution is -2.47. The number of nitrogens with one attached hydrogen (secondary N) is 2. The Kier molecular flexibility index (Phi) is 1.79. The van der Waals surface area contributed by atoms with E-state index in [4.69, 9.17) is 0 Å². The molecule has 12 heavy (non-hydrogen) atoms. The fourth-order valence-corrected chi connectivity index (χ4v) is 2.06. The molecule has 1 amide bonds. The minimum absolute atomic E-state index is 0.000417. The standard InChI is InChI=1S/C8H13FN2O/c9-6-4-10-2-1-8(6)3-7(12)11-5-8/h6,10H,1-5H2,(H,11,12). The van der Waals surface area contributed by atoms with Gasteiger partial charge >= 0.3 is 0 Å². The number of amides is 1. The van der Waals surface area contributed by atoms with Gasteiger partial charge in [-0.15, -0.1) is 0 Å². The minimum atomic E-state index is -0.870. The van der Waals surface area contributed by atoms with Crippen molar-refractivity contribution in [3.63, 3.8) is 0 Å². The Labute approximate surface area is 70.7 Å². The molecule has 2 atom stereocenters. The smallest absolute Gasteiger partial charge is 0.220 e. The van der Waals surface area contributed by atoms with Crippen molar-refractivity contribution in [2.45, 2.75) is 19.0 Å². The number of alkyl halides is 1. The van der Waals surface area contributed by atoms with Crippen molar-refractivity contribution < 1.29 is 9.18 Å². The molecule has 0 aliphatic carbocycles. The maximum atomic E-state index is 13.5. The number of carbonyl (C=O) groups excluding carboxylic acids is 1. The molecule has 0 aromatic carbocycles. The number of hydrogen-bond donors (Lipinski definition) is 2. The molecule has 0 radical (unpaired) electrons. The lowest BCUT2D eigenvalue weighted by molar-refractivity contribution is -0.120. The van der Waals surface area contributed by atoms with E-state index in [1.807, 2.05) is 0 Å². The Bertz CT molecular complexity index is 209. The van der Waals surface area contributed by atoms with Crippen molar-refractivity contribution in [2.24, 2.45) is 5.41 Å². The summed E-state index contributed by atoms with van der Waals surface area (Å²) in [5.74, 6) is -0.000417. The van der Waals surface area contributed by atoms with E-state index in [0.29, 0.717) is 19.5 Å². The Morgan fingerprint density at radius 1 is 1.58 bits per heavy atom. The monoisotopic (exact) mass is 172 g/mol. The predicted octanol–water partition coefficient (Wildman–Crippen LogP) is -0.176. The molecule has 2 N–H and O–H groups in total. The summed E-state index contributed by atoms with van der Waals surface area (Å²) in [5, 5.41) is 5.69. The maximum Gasteiger partial charge on any atom is 0.220 e. The molecule has 0 bridgehead atoms. The summed E-state index contributed by atoms with van der Waals surface area (Å²) in [4.78, 5) is 11.0. The molecule has 2 rings (SSSR count). The average molecular weight is 172 g/mol. The van der Waals surface area contributed by atoms with Crippen LogP contribution in [-0.4, -0.2) is 31.7 Å². The van der Waals surface area contributed by atoms with Crippen LogP contribution in [0.3, 0.4) is 0 Å². The zero-order valence-electron chi connectivity index (χ0n) is 6.90. The van der Waals surface area contributed by atoms with Crippen molar-refractivity contribution in [1.82, 2.24) is 10.6 Å². The van der Waals surface area contributed by atoms with E-state index in [9.17, 15) is 9.18 Å². The molecule has 0 saturated carbocycles. The molecular weight excluding hydrogens is 159 g/mol. The molecule has 0 aromatic rings. The van der Waals surface area contributed by atoms with Gasteiger partial charge in [0.25, 0.3) is 0 Å². The van der Waals surface area contributed by atoms with Gasteiger partial charge in [0.1, 0.15) is 6.17 Å². The van der Waals surface area contributed by atoms with Crippen molar-refractivity contribution >= 4 is 5.91 Å². The van der Waals surface area contributed by atoms with Crippen LogP contribution in [0.4, 0.5) is 4.39 Å². The number of carbonyl (C=O) groups is 1. The van der Waals surface area contributed by atoms with E-state index >= 15 is 0 Å². The van der Waals surface area contributed by atoms with Crippen molar-refractivity contribution in [2.75, 3.05) is 19.6 Å². The zero-order chi connectivity index (χ0) is 8.60. The molecule has 1 spiro atoms. The Hall–Kier alpha value is -0.640. The van der Waals surface area contributed by atoms with E-state index in [1.54, 1.807) is 0 Å². The first kappa shape index (κ1) is 7.98. The highest BCUT2D eigenvalue weighted by molar-refractivity contribution is 5.79. The van der Waals surface area contributed by atoms with E-state index in [-0.39, 0.29) is 11.3 Å². The number of piperidine rings is 1. The highest BCUT2D eigenvalue weighted by Crippen LogP contribution is 2.37. The lowest BCUT2D eigenvalue weighted by atomic mass is 9.77. The van der Waals surface area contributed by atoms with Gasteiger partial charge in [0.2, 0.25) is 5.91 Å². The van der Waals surface area contributed by atoms with Crippen LogP contribution in [0.2, 0.25) is 0 Å². The molecular formula is C8H13FN2O. The highest BCUT2D eigenvalue weighted by Gasteiger charge is 2.46. The highest BCUT2D eigenvalue weighted by atomic mass is 19.1. The normalized spacial score (nSPS) is 41.8. The molecule has 2 unspecified atom stereocenters. The largest absolute Gasteiger partial charge is 0.355 e. The van der Waals surface area contributed by atoms with Crippen LogP contribution in [0.1, 0.15) is 12.8 Å². The molecule has 0 aromatic heterocycles. The van der Waals surface area contributed by atoms with Crippen LogP contribution in [-0.2, 0) is 4.79 Å². The summed E-state index contributed by atoms with van der Waals surface area (Å²) in [6, 6.07) is 0. The molecule has 2 aliphatic heterocycles. The fourth-order valence-electron chi connectivity index (χ4n) is 2.06. The topological polar surface area (TPSA) is 41.1 Å². The van der Waals surface area contributed by atoms with E-state index in [2.05, 4.69) is 10.6 Å². The Balaban J connectivity index is 2.12. The van der Waals surface area contributed by atoms with Gasteiger partial charge in [-0.25, -0.2) is 4.39 Å². The van der Waals surface area contributed by atoms with Crippen LogP contribution < -0.4 is 10.6 Å². The number of halogens is 1. The first-order valence-corrected chi connectivity index (χ1v) is 4.34. The van der Waals surface area contributed by atoms with Crippen molar-refractivity contribution in [3.05, 3.63) is 0 Å². The first-order valence-electron chi connectivity index (χ1n) is 4.34. The third-order valence-electron chi connectivity index (χ3n) is 2.94. The number of rotatable bonds is 0. The predicted molar refractivity (Wildman–Crippen MR) is 42.4 cm³/mol. The van der Waals surface area contributed by atoms with Crippen LogP contribution >= 0.6 is 0 Å². The zero-order valence-corrected chi connectivity index (χ0v) is 6.90. The second-order valence-electron chi connectivity index (χ2n) is 3.74. The molecule has 68 valence electrons. The fraction of sp³-hybridized carbons (Fsp3) is 0.875. The van der Waals surface area contributed by atoms with Gasteiger partial charge in [-0.1, -0.05) is 0 Å². The summed E-state index contributed by atoms with van der Waals surface area (Å²) >= 11 is 0. The van der Waals surface area contributed by atoms with Crippen molar-refractivity contribution in [1.29, 1.82) is 0 Å². The Morgan fingerprint density at radius 2 is 2.42 bits per heavy atom. The summed E-state index contributed by atoms with van der Waals surface area (Å²) in [6.45, 7) is 1.75. The molecule has 3 nitrogen and oxygen atoms in total. The maximum absolute atomic E-state index is 13.5. The quantitative estimate of drug-likeness (QED) is 0.532. The van der Waals surface area contributed by atoms with E-state index in [1.165, 1.54) is 0 Å². The van der Waals surface area contributed by atoms with Crippen LogP contribution in [0.15, 0.2) is 0 Å². The number of hydrogen-bond acceptors (Lipinski definition) is 2. The lowest BCUT2D eigenvalue weighted by Gasteiger charge is -2.35. The average Bonchev–Trinajstić information content (AvgIpc) is 2.41. The molecule has 2 heterocycles. The molecule has 2 saturated heterocycles. The summed E-state index contributed by atoms with van der Waals surface area (Å²) in [7, 11) is 0. The van der Waals surface area contributed by atoms with Gasteiger partial charge in [-0.3, -0.25) is 4.79 Å². The third kappa shape index (κ3) is 1.10. The van der Waals surface area contributed by atoms with Gasteiger partial charge in [-0.05, 0) is 13.0 Å². The van der Waals surface area contributed by atoms with Crippen molar-refractivity contribution in [3.8, 4) is 0 Å². The van der Waals surface area contributed by atoms with Crippen LogP contribution in [0, 0.1) is 5.41 Å². The summed E-state index contributed by atoms with van der Waals surface area (Å²) in [5.41, 5.74) is -0.387. The molecule has 2 aliphatic rings. The van der Waals surface area contributed by atoms with Gasteiger partial charge in [-0.2, -0.15) is 0 Å².